The van der Waals surface area contributed by atoms with Crippen LogP contribution in [0.5, 0.6) is 0 Å². The molecule has 0 aliphatic heterocycles. The van der Waals surface area contributed by atoms with Crippen LogP contribution in [0.3, 0.4) is 0 Å². The number of halogens is 1. The van der Waals surface area contributed by atoms with Crippen molar-refractivity contribution in [2.24, 2.45) is 0 Å². The van der Waals surface area contributed by atoms with E-state index in [0.29, 0.717) is 34.0 Å². The Kier molecular flexibility index (Phi) is 6.27. The van der Waals surface area contributed by atoms with E-state index in [1.807, 2.05) is 26.0 Å². The molecule has 3 N–H and O–H groups in total. The first-order valence-electron chi connectivity index (χ1n) is 10.2. The van der Waals surface area contributed by atoms with Crippen LogP contribution in [0.4, 0.5) is 16.2 Å². The lowest BCUT2D eigenvalue weighted by molar-refractivity contribution is -0.119. The van der Waals surface area contributed by atoms with Crippen LogP contribution in [0.2, 0.25) is 5.02 Å². The summed E-state index contributed by atoms with van der Waals surface area (Å²) in [7, 11) is 0. The van der Waals surface area contributed by atoms with Crippen LogP contribution in [0.15, 0.2) is 47.1 Å². The summed E-state index contributed by atoms with van der Waals surface area (Å²) in [6.07, 6.45) is 0. The maximum atomic E-state index is 12.6. The van der Waals surface area contributed by atoms with Crippen molar-refractivity contribution >= 4 is 45.9 Å². The lowest BCUT2D eigenvalue weighted by Crippen LogP contribution is -2.28. The maximum Gasteiger partial charge on any atom is 0.319 e. The highest BCUT2D eigenvalue weighted by Gasteiger charge is 2.19. The Labute approximate surface area is 194 Å². The van der Waals surface area contributed by atoms with Crippen LogP contribution in [-0.2, 0) is 11.3 Å². The second-order valence-electron chi connectivity index (χ2n) is 7.63. The Bertz CT molecular complexity index is 1330. The van der Waals surface area contributed by atoms with Crippen LogP contribution < -0.4 is 16.0 Å². The van der Waals surface area contributed by atoms with E-state index < -0.39 is 12.1 Å². The summed E-state index contributed by atoms with van der Waals surface area (Å²) in [5.74, 6) is -0.249. The summed E-state index contributed by atoms with van der Waals surface area (Å²) in [6.45, 7) is 5.83. The highest BCUT2D eigenvalue weighted by atomic mass is 35.5. The second kappa shape index (κ2) is 9.29. The van der Waals surface area contributed by atoms with Crippen molar-refractivity contribution in [2.45, 2.75) is 33.4 Å². The van der Waals surface area contributed by atoms with E-state index in [1.165, 1.54) is 0 Å². The smallest absolute Gasteiger partial charge is 0.319 e. The molecule has 3 amide bonds. The third-order valence-electron chi connectivity index (χ3n) is 5.05. The van der Waals surface area contributed by atoms with Crippen molar-refractivity contribution in [2.75, 3.05) is 10.6 Å². The Hall–Kier alpha value is -3.92. The number of fused-ring (bicyclic) bond motifs is 1. The zero-order valence-electron chi connectivity index (χ0n) is 18.2. The first-order valence-corrected chi connectivity index (χ1v) is 10.6. The predicted octanol–water partition coefficient (Wildman–Crippen LogP) is 4.21. The molecule has 0 bridgehead atoms. The molecule has 0 aliphatic rings. The number of hydrogen-bond donors (Lipinski definition) is 3. The number of hydrogen-bond acceptors (Lipinski definition) is 6. The largest absolute Gasteiger partial charge is 0.334 e. The molecule has 0 radical (unpaired) electrons. The van der Waals surface area contributed by atoms with Gasteiger partial charge in [-0.25, -0.2) is 9.42 Å². The molecular weight excluding hydrogens is 446 g/mol. The van der Waals surface area contributed by atoms with Gasteiger partial charge >= 0.3 is 6.03 Å². The number of rotatable bonds is 6. The first kappa shape index (κ1) is 22.3. The molecule has 4 rings (SSSR count). The quantitative estimate of drug-likeness (QED) is 0.389. The summed E-state index contributed by atoms with van der Waals surface area (Å²) in [5.41, 5.74) is 4.77. The molecule has 2 aromatic carbocycles. The van der Waals surface area contributed by atoms with Gasteiger partial charge in [-0.1, -0.05) is 17.7 Å². The summed E-state index contributed by atoms with van der Waals surface area (Å²) in [5, 5.41) is 20.5. The zero-order valence-corrected chi connectivity index (χ0v) is 19.0. The van der Waals surface area contributed by atoms with E-state index in [2.05, 4.69) is 36.0 Å². The van der Waals surface area contributed by atoms with Gasteiger partial charge in [0.25, 0.3) is 0 Å². The minimum absolute atomic E-state index is 0.249. The average Bonchev–Trinajstić information content (AvgIpc) is 3.38. The van der Waals surface area contributed by atoms with E-state index >= 15 is 0 Å². The standard InChI is InChI=1S/C22H22ClN7O3/c1-12-8-13(2)30(27-12)14(3)21(31)26-18-7-5-16(10-17(18)23)25-22(32)24-11-15-4-6-19-20(9-15)29-33-28-19/h4-10,14H,11H2,1-3H3,(H,26,31)(H2,24,25,32). The van der Waals surface area contributed by atoms with Gasteiger partial charge in [-0.05, 0) is 73.0 Å². The molecule has 33 heavy (non-hydrogen) atoms. The lowest BCUT2D eigenvalue weighted by atomic mass is 10.2. The average molecular weight is 468 g/mol. The highest BCUT2D eigenvalue weighted by Crippen LogP contribution is 2.26. The Balaban J connectivity index is 1.34. The molecule has 1 unspecified atom stereocenters. The molecule has 1 atom stereocenters. The Morgan fingerprint density at radius 3 is 2.58 bits per heavy atom. The summed E-state index contributed by atoms with van der Waals surface area (Å²) >= 11 is 6.33. The van der Waals surface area contributed by atoms with Gasteiger partial charge in [0.1, 0.15) is 17.1 Å². The number of carbonyl (C=O) groups excluding carboxylic acids is 2. The number of aryl methyl sites for hydroxylation is 2. The molecule has 0 aliphatic carbocycles. The fourth-order valence-electron chi connectivity index (χ4n) is 3.38. The number of carbonyl (C=O) groups is 2. The van der Waals surface area contributed by atoms with Gasteiger partial charge in [-0.3, -0.25) is 9.48 Å². The third kappa shape index (κ3) is 5.12. The molecule has 170 valence electrons. The minimum Gasteiger partial charge on any atom is -0.334 e. The number of amides is 3. The SMILES string of the molecule is Cc1cc(C)n(C(C)C(=O)Nc2ccc(NC(=O)NCc3ccc4nonc4c3)cc2Cl)n1. The number of nitrogens with one attached hydrogen (secondary N) is 3. The van der Waals surface area contributed by atoms with Crippen molar-refractivity contribution in [1.82, 2.24) is 25.4 Å². The number of urea groups is 1. The van der Waals surface area contributed by atoms with Gasteiger partial charge < -0.3 is 16.0 Å². The van der Waals surface area contributed by atoms with Gasteiger partial charge in [0, 0.05) is 17.9 Å². The number of nitrogens with zero attached hydrogens (tertiary/aromatic N) is 4. The normalized spacial score (nSPS) is 11.9. The molecule has 0 saturated heterocycles. The molecule has 2 heterocycles. The predicted molar refractivity (Wildman–Crippen MR) is 124 cm³/mol. The van der Waals surface area contributed by atoms with Gasteiger partial charge in [-0.15, -0.1) is 0 Å². The summed E-state index contributed by atoms with van der Waals surface area (Å²) in [6, 6.07) is 11.2. The van der Waals surface area contributed by atoms with Gasteiger partial charge in [-0.2, -0.15) is 5.10 Å². The molecule has 0 spiro atoms. The zero-order chi connectivity index (χ0) is 23.5. The topological polar surface area (TPSA) is 127 Å². The van der Waals surface area contributed by atoms with E-state index in [0.717, 1.165) is 17.0 Å². The fourth-order valence-corrected chi connectivity index (χ4v) is 3.60. The van der Waals surface area contributed by atoms with Crippen molar-refractivity contribution in [1.29, 1.82) is 0 Å². The molecular formula is C22H22ClN7O3. The van der Waals surface area contributed by atoms with Gasteiger partial charge in [0.05, 0.1) is 16.4 Å². The van der Waals surface area contributed by atoms with Crippen molar-refractivity contribution in [3.8, 4) is 0 Å². The number of aromatic nitrogens is 4. The van der Waals surface area contributed by atoms with E-state index in [4.69, 9.17) is 11.6 Å². The number of anilines is 2. The number of benzene rings is 2. The third-order valence-corrected chi connectivity index (χ3v) is 5.36. The molecule has 0 saturated carbocycles. The monoisotopic (exact) mass is 467 g/mol. The maximum absolute atomic E-state index is 12.6. The van der Waals surface area contributed by atoms with Crippen LogP contribution >= 0.6 is 11.6 Å². The van der Waals surface area contributed by atoms with E-state index in [9.17, 15) is 9.59 Å². The first-order chi connectivity index (χ1) is 15.8. The Morgan fingerprint density at radius 1 is 1.06 bits per heavy atom. The molecule has 4 aromatic rings. The van der Waals surface area contributed by atoms with Gasteiger partial charge in [0.15, 0.2) is 0 Å². The fraction of sp³-hybridized carbons (Fsp3) is 0.227. The van der Waals surface area contributed by atoms with Crippen LogP contribution in [0.1, 0.15) is 29.9 Å². The van der Waals surface area contributed by atoms with Crippen molar-refractivity contribution in [3.63, 3.8) is 0 Å². The Morgan fingerprint density at radius 2 is 1.85 bits per heavy atom. The summed E-state index contributed by atoms with van der Waals surface area (Å²) in [4.78, 5) is 24.9. The summed E-state index contributed by atoms with van der Waals surface area (Å²) < 4.78 is 6.33. The highest BCUT2D eigenvalue weighted by molar-refractivity contribution is 6.34. The minimum atomic E-state index is -0.509. The molecule has 2 aromatic heterocycles. The van der Waals surface area contributed by atoms with Crippen LogP contribution in [-0.4, -0.2) is 32.0 Å². The molecule has 0 fully saturated rings. The molecule has 10 nitrogen and oxygen atoms in total. The molecule has 11 heteroatoms. The van der Waals surface area contributed by atoms with E-state index in [-0.39, 0.29) is 5.91 Å². The van der Waals surface area contributed by atoms with E-state index in [1.54, 1.807) is 41.9 Å². The van der Waals surface area contributed by atoms with Crippen molar-refractivity contribution in [3.05, 3.63) is 64.4 Å². The van der Waals surface area contributed by atoms with Crippen LogP contribution in [0, 0.1) is 13.8 Å². The van der Waals surface area contributed by atoms with Crippen LogP contribution in [0.25, 0.3) is 11.0 Å². The van der Waals surface area contributed by atoms with Gasteiger partial charge in [0.2, 0.25) is 5.91 Å². The lowest BCUT2D eigenvalue weighted by Gasteiger charge is -2.16. The second-order valence-corrected chi connectivity index (χ2v) is 8.03. The van der Waals surface area contributed by atoms with Crippen molar-refractivity contribution < 1.29 is 14.2 Å².